The molecule has 1 aromatic heterocycles. The van der Waals surface area contributed by atoms with Gasteiger partial charge in [0.05, 0.1) is 11.6 Å². The van der Waals surface area contributed by atoms with Crippen LogP contribution in [-0.4, -0.2) is 10.8 Å². The number of pyridine rings is 1. The zero-order valence-corrected chi connectivity index (χ0v) is 10.7. The highest BCUT2D eigenvalue weighted by molar-refractivity contribution is 6.03. The van der Waals surface area contributed by atoms with Crippen LogP contribution in [0.15, 0.2) is 42.7 Å². The van der Waals surface area contributed by atoms with Crippen molar-refractivity contribution in [2.75, 3.05) is 0 Å². The Bertz CT molecular complexity index is 606. The van der Waals surface area contributed by atoms with Crippen LogP contribution < -0.4 is 0 Å². The maximum Gasteiger partial charge on any atom is 0.174 e. The molecule has 0 saturated heterocycles. The van der Waals surface area contributed by atoms with E-state index in [4.69, 9.17) is 0 Å². The van der Waals surface area contributed by atoms with Gasteiger partial charge in [0, 0.05) is 11.8 Å². The molecule has 0 aliphatic heterocycles. The molecule has 4 heteroatoms. The fourth-order valence-corrected chi connectivity index (χ4v) is 1.89. The van der Waals surface area contributed by atoms with Gasteiger partial charge in [-0.15, -0.1) is 0 Å². The largest absolute Gasteiger partial charge is 0.293 e. The lowest BCUT2D eigenvalue weighted by molar-refractivity contribution is 0.0908. The van der Waals surface area contributed by atoms with Crippen molar-refractivity contribution in [1.29, 1.82) is 0 Å². The van der Waals surface area contributed by atoms with Crippen LogP contribution >= 0.6 is 0 Å². The van der Waals surface area contributed by atoms with Crippen LogP contribution in [-0.2, 0) is 5.41 Å². The van der Waals surface area contributed by atoms with E-state index < -0.39 is 11.2 Å². The van der Waals surface area contributed by atoms with Gasteiger partial charge in [0.2, 0.25) is 0 Å². The number of rotatable bonds is 3. The number of halogens is 2. The topological polar surface area (TPSA) is 30.0 Å². The normalized spacial score (nSPS) is 11.4. The van der Waals surface area contributed by atoms with E-state index in [-0.39, 0.29) is 17.2 Å². The van der Waals surface area contributed by atoms with E-state index in [1.165, 1.54) is 18.3 Å². The number of hydrogen-bond acceptors (Lipinski definition) is 2. The predicted octanol–water partition coefficient (Wildman–Crippen LogP) is 3.52. The Morgan fingerprint density at radius 2 is 1.68 bits per heavy atom. The van der Waals surface area contributed by atoms with Crippen LogP contribution in [0.5, 0.6) is 0 Å². The van der Waals surface area contributed by atoms with Gasteiger partial charge in [-0.25, -0.2) is 8.78 Å². The molecule has 0 atom stereocenters. The minimum absolute atomic E-state index is 0.203. The standard InChI is InChI=1S/C15H13F2NO/c1-15(2,11-3-5-12(16)6-4-11)14(19)10-7-13(17)9-18-8-10/h3-9H,1-2H3. The first-order valence-electron chi connectivity index (χ1n) is 5.82. The van der Waals surface area contributed by atoms with Gasteiger partial charge in [-0.1, -0.05) is 12.1 Å². The molecule has 1 heterocycles. The van der Waals surface area contributed by atoms with E-state index in [1.54, 1.807) is 26.0 Å². The summed E-state index contributed by atoms with van der Waals surface area (Å²) < 4.78 is 26.0. The monoisotopic (exact) mass is 261 g/mol. The predicted molar refractivity (Wildman–Crippen MR) is 68.0 cm³/mol. The first-order valence-corrected chi connectivity index (χ1v) is 5.82. The lowest BCUT2D eigenvalue weighted by Crippen LogP contribution is -2.29. The molecular weight excluding hydrogens is 248 g/mol. The number of ketones is 1. The molecule has 0 unspecified atom stereocenters. The highest BCUT2D eigenvalue weighted by Crippen LogP contribution is 2.27. The Morgan fingerprint density at radius 1 is 1.05 bits per heavy atom. The van der Waals surface area contributed by atoms with Crippen molar-refractivity contribution in [1.82, 2.24) is 4.98 Å². The SMILES string of the molecule is CC(C)(C(=O)c1cncc(F)c1)c1ccc(F)cc1. The molecule has 0 radical (unpaired) electrons. The Labute approximate surface area is 110 Å². The first kappa shape index (κ1) is 13.3. The summed E-state index contributed by atoms with van der Waals surface area (Å²) in [6.45, 7) is 3.43. The summed E-state index contributed by atoms with van der Waals surface area (Å²) in [6, 6.07) is 6.86. The molecule has 0 amide bonds. The van der Waals surface area contributed by atoms with Crippen molar-refractivity contribution in [2.45, 2.75) is 19.3 Å². The lowest BCUT2D eigenvalue weighted by Gasteiger charge is -2.23. The Hall–Kier alpha value is -2.10. The quantitative estimate of drug-likeness (QED) is 0.791. The van der Waals surface area contributed by atoms with Gasteiger partial charge >= 0.3 is 0 Å². The van der Waals surface area contributed by atoms with Crippen LogP contribution in [0.4, 0.5) is 8.78 Å². The first-order chi connectivity index (χ1) is 8.91. The van der Waals surface area contributed by atoms with E-state index in [0.717, 1.165) is 12.3 Å². The molecule has 0 aliphatic rings. The number of Topliss-reactive ketones (excluding diaryl/α,β-unsaturated/α-hetero) is 1. The van der Waals surface area contributed by atoms with Crippen molar-refractivity contribution in [3.8, 4) is 0 Å². The van der Waals surface area contributed by atoms with Gasteiger partial charge in [-0.05, 0) is 37.6 Å². The average molecular weight is 261 g/mol. The third-order valence-corrected chi connectivity index (χ3v) is 3.10. The highest BCUT2D eigenvalue weighted by Gasteiger charge is 2.31. The van der Waals surface area contributed by atoms with Gasteiger partial charge in [0.15, 0.2) is 5.78 Å². The summed E-state index contributed by atoms with van der Waals surface area (Å²) in [5.74, 6) is -1.17. The van der Waals surface area contributed by atoms with E-state index in [2.05, 4.69) is 4.98 Å². The molecule has 0 fully saturated rings. The molecule has 0 aliphatic carbocycles. The third kappa shape index (κ3) is 2.67. The summed E-state index contributed by atoms with van der Waals surface area (Å²) in [7, 11) is 0. The lowest BCUT2D eigenvalue weighted by atomic mass is 9.78. The van der Waals surface area contributed by atoms with Gasteiger partial charge in [-0.3, -0.25) is 9.78 Å². The number of carbonyl (C=O) groups excluding carboxylic acids is 1. The number of benzene rings is 1. The highest BCUT2D eigenvalue weighted by atomic mass is 19.1. The van der Waals surface area contributed by atoms with E-state index in [1.807, 2.05) is 0 Å². The zero-order valence-electron chi connectivity index (χ0n) is 10.7. The fraction of sp³-hybridized carbons (Fsp3) is 0.200. The smallest absolute Gasteiger partial charge is 0.174 e. The molecule has 0 spiro atoms. The van der Waals surface area contributed by atoms with Crippen molar-refractivity contribution >= 4 is 5.78 Å². The summed E-state index contributed by atoms with van der Waals surface area (Å²) >= 11 is 0. The second-order valence-corrected chi connectivity index (χ2v) is 4.85. The molecular formula is C15H13F2NO. The summed E-state index contributed by atoms with van der Waals surface area (Å²) in [5.41, 5.74) is 0.000821. The number of nitrogens with zero attached hydrogens (tertiary/aromatic N) is 1. The minimum atomic E-state index is -0.872. The van der Waals surface area contributed by atoms with Crippen molar-refractivity contribution in [3.63, 3.8) is 0 Å². The van der Waals surface area contributed by atoms with Crippen molar-refractivity contribution in [2.24, 2.45) is 0 Å². The average Bonchev–Trinajstić information content (AvgIpc) is 2.38. The van der Waals surface area contributed by atoms with Crippen molar-refractivity contribution < 1.29 is 13.6 Å². The summed E-state index contributed by atoms with van der Waals surface area (Å²) in [5, 5.41) is 0. The number of aromatic nitrogens is 1. The van der Waals surface area contributed by atoms with Crippen LogP contribution in [0.25, 0.3) is 0 Å². The van der Waals surface area contributed by atoms with E-state index in [0.29, 0.717) is 5.56 Å². The maximum atomic E-state index is 13.1. The third-order valence-electron chi connectivity index (χ3n) is 3.10. The number of carbonyl (C=O) groups is 1. The van der Waals surface area contributed by atoms with Gasteiger partial charge < -0.3 is 0 Å². The Balaban J connectivity index is 2.38. The summed E-state index contributed by atoms with van der Waals surface area (Å²) in [4.78, 5) is 16.1. The van der Waals surface area contributed by atoms with E-state index in [9.17, 15) is 13.6 Å². The van der Waals surface area contributed by atoms with Gasteiger partial charge in [0.25, 0.3) is 0 Å². The molecule has 0 bridgehead atoms. The van der Waals surface area contributed by atoms with Crippen LogP contribution in [0, 0.1) is 11.6 Å². The van der Waals surface area contributed by atoms with Crippen LogP contribution in [0.3, 0.4) is 0 Å². The molecule has 2 aromatic rings. The zero-order chi connectivity index (χ0) is 14.0. The van der Waals surface area contributed by atoms with Crippen LogP contribution in [0.1, 0.15) is 29.8 Å². The molecule has 2 rings (SSSR count). The molecule has 98 valence electrons. The summed E-state index contributed by atoms with van der Waals surface area (Å²) in [6.07, 6.45) is 2.37. The Kier molecular flexibility index (Phi) is 3.42. The minimum Gasteiger partial charge on any atom is -0.293 e. The van der Waals surface area contributed by atoms with Gasteiger partial charge in [0.1, 0.15) is 11.6 Å². The fourth-order valence-electron chi connectivity index (χ4n) is 1.89. The van der Waals surface area contributed by atoms with Crippen LogP contribution in [0.2, 0.25) is 0 Å². The molecule has 0 N–H and O–H groups in total. The van der Waals surface area contributed by atoms with Gasteiger partial charge in [-0.2, -0.15) is 0 Å². The maximum absolute atomic E-state index is 13.1. The molecule has 2 nitrogen and oxygen atoms in total. The van der Waals surface area contributed by atoms with Crippen molar-refractivity contribution in [3.05, 3.63) is 65.5 Å². The molecule has 0 saturated carbocycles. The number of hydrogen-bond donors (Lipinski definition) is 0. The molecule has 1 aromatic carbocycles. The second kappa shape index (κ2) is 4.88. The van der Waals surface area contributed by atoms with E-state index >= 15 is 0 Å². The second-order valence-electron chi connectivity index (χ2n) is 4.85. The molecule has 19 heavy (non-hydrogen) atoms. The Morgan fingerprint density at radius 3 is 2.26 bits per heavy atom.